The maximum absolute atomic E-state index is 9.73. The molecule has 0 fully saturated rings. The summed E-state index contributed by atoms with van der Waals surface area (Å²) in [5, 5.41) is 21.1. The van der Waals surface area contributed by atoms with Gasteiger partial charge >= 0.3 is 0 Å². The monoisotopic (exact) mass is 416 g/mol. The normalized spacial score (nSPS) is 10.9. The molecule has 9 nitrogen and oxygen atoms in total. The lowest BCUT2D eigenvalue weighted by atomic mass is 10.1. The van der Waals surface area contributed by atoms with Gasteiger partial charge in [-0.25, -0.2) is 5.10 Å². The van der Waals surface area contributed by atoms with Crippen molar-refractivity contribution in [2.24, 2.45) is 5.10 Å². The molecule has 2 N–H and O–H groups in total. The number of rotatable bonds is 7. The standard InChI is InChI=1S/C19H20N4O5S/c1-25-14-7-11(5-6-13(14)24)10-20-23-18(21-22-19(23)29)12-8-15(26-2)17(28-4)16(9-12)27-3/h5-10,24H,1-4H3,(H,22,29)/b20-10-. The van der Waals surface area contributed by atoms with Gasteiger partial charge in [0.2, 0.25) is 10.5 Å². The minimum atomic E-state index is 0.0442. The molecule has 0 unspecified atom stereocenters. The number of benzene rings is 2. The number of hydrogen-bond donors (Lipinski definition) is 2. The van der Waals surface area contributed by atoms with Gasteiger partial charge in [0.05, 0.1) is 34.7 Å². The average molecular weight is 416 g/mol. The minimum absolute atomic E-state index is 0.0442. The Morgan fingerprint density at radius 3 is 2.24 bits per heavy atom. The number of aromatic amines is 1. The van der Waals surface area contributed by atoms with Gasteiger partial charge < -0.3 is 24.1 Å². The second-order valence-electron chi connectivity index (χ2n) is 5.75. The van der Waals surface area contributed by atoms with Crippen molar-refractivity contribution in [2.75, 3.05) is 28.4 Å². The Kier molecular flexibility index (Phi) is 6.03. The maximum atomic E-state index is 9.73. The van der Waals surface area contributed by atoms with Gasteiger partial charge in [-0.1, -0.05) is 0 Å². The zero-order valence-corrected chi connectivity index (χ0v) is 17.1. The van der Waals surface area contributed by atoms with Crippen LogP contribution in [-0.4, -0.2) is 54.6 Å². The molecule has 10 heteroatoms. The predicted octanol–water partition coefficient (Wildman–Crippen LogP) is 3.23. The molecule has 0 atom stereocenters. The van der Waals surface area contributed by atoms with E-state index < -0.39 is 0 Å². The van der Waals surface area contributed by atoms with Crippen LogP contribution in [0.4, 0.5) is 0 Å². The number of phenolic OH excluding ortho intramolecular Hbond substituents is 1. The Morgan fingerprint density at radius 2 is 1.66 bits per heavy atom. The maximum Gasteiger partial charge on any atom is 0.216 e. The molecule has 1 aromatic heterocycles. The second kappa shape index (κ2) is 8.65. The summed E-state index contributed by atoms with van der Waals surface area (Å²) >= 11 is 5.31. The van der Waals surface area contributed by atoms with Crippen LogP contribution in [-0.2, 0) is 0 Å². The van der Waals surface area contributed by atoms with Crippen molar-refractivity contribution >= 4 is 18.4 Å². The Bertz CT molecular complexity index is 1080. The molecule has 3 rings (SSSR count). The lowest BCUT2D eigenvalue weighted by molar-refractivity contribution is 0.324. The lowest BCUT2D eigenvalue weighted by Crippen LogP contribution is -1.99. The largest absolute Gasteiger partial charge is 0.504 e. The quantitative estimate of drug-likeness (QED) is 0.450. The third-order valence-electron chi connectivity index (χ3n) is 4.10. The van der Waals surface area contributed by atoms with E-state index in [1.165, 1.54) is 39.2 Å². The molecule has 0 radical (unpaired) electrons. The number of ether oxygens (including phenoxy) is 4. The SMILES string of the molecule is COc1cc(/C=N\n2c(-c3cc(OC)c(OC)c(OC)c3)n[nH]c2=S)ccc1O. The fraction of sp³-hybridized carbons (Fsp3) is 0.211. The van der Waals surface area contributed by atoms with E-state index >= 15 is 0 Å². The van der Waals surface area contributed by atoms with E-state index in [4.69, 9.17) is 31.2 Å². The Hall–Kier alpha value is -3.53. The zero-order valence-electron chi connectivity index (χ0n) is 16.3. The van der Waals surface area contributed by atoms with Gasteiger partial charge in [-0.3, -0.25) is 0 Å². The molecule has 0 aliphatic rings. The molecule has 0 amide bonds. The van der Waals surface area contributed by atoms with Crippen LogP contribution in [0.2, 0.25) is 0 Å². The van der Waals surface area contributed by atoms with Crippen LogP contribution in [0.1, 0.15) is 5.56 Å². The smallest absolute Gasteiger partial charge is 0.216 e. The van der Waals surface area contributed by atoms with Gasteiger partial charge in [0.1, 0.15) is 0 Å². The van der Waals surface area contributed by atoms with Crippen LogP contribution < -0.4 is 18.9 Å². The molecule has 1 heterocycles. The van der Waals surface area contributed by atoms with E-state index in [9.17, 15) is 5.11 Å². The van der Waals surface area contributed by atoms with Crippen LogP contribution in [0.25, 0.3) is 11.4 Å². The second-order valence-corrected chi connectivity index (χ2v) is 6.14. The molecule has 0 bridgehead atoms. The third-order valence-corrected chi connectivity index (χ3v) is 4.36. The number of aromatic hydroxyl groups is 1. The summed E-state index contributed by atoms with van der Waals surface area (Å²) < 4.78 is 23.0. The molecule has 0 saturated carbocycles. The minimum Gasteiger partial charge on any atom is -0.504 e. The predicted molar refractivity (Wildman–Crippen MR) is 110 cm³/mol. The van der Waals surface area contributed by atoms with Gasteiger partial charge in [-0.2, -0.15) is 14.9 Å². The number of phenols is 1. The Balaban J connectivity index is 2.06. The summed E-state index contributed by atoms with van der Waals surface area (Å²) in [6, 6.07) is 8.38. The third kappa shape index (κ3) is 4.02. The molecule has 2 aromatic carbocycles. The van der Waals surface area contributed by atoms with Crippen LogP contribution in [0.3, 0.4) is 0 Å². The van der Waals surface area contributed by atoms with Crippen molar-refractivity contribution in [3.05, 3.63) is 40.7 Å². The zero-order chi connectivity index (χ0) is 21.0. The number of nitrogens with one attached hydrogen (secondary N) is 1. The first-order chi connectivity index (χ1) is 14.0. The highest BCUT2D eigenvalue weighted by Gasteiger charge is 2.17. The van der Waals surface area contributed by atoms with Crippen molar-refractivity contribution < 1.29 is 24.1 Å². The number of nitrogens with zero attached hydrogens (tertiary/aromatic N) is 3. The number of H-pyrrole nitrogens is 1. The summed E-state index contributed by atoms with van der Waals surface area (Å²) in [6.07, 6.45) is 1.58. The highest BCUT2D eigenvalue weighted by atomic mass is 32.1. The van der Waals surface area contributed by atoms with Crippen molar-refractivity contribution in [1.29, 1.82) is 0 Å². The lowest BCUT2D eigenvalue weighted by Gasteiger charge is -2.13. The molecule has 29 heavy (non-hydrogen) atoms. The Labute approximate surface area is 172 Å². The van der Waals surface area contributed by atoms with E-state index in [1.807, 2.05) is 0 Å². The highest BCUT2D eigenvalue weighted by Crippen LogP contribution is 2.40. The van der Waals surface area contributed by atoms with Crippen molar-refractivity contribution in [3.8, 4) is 40.1 Å². The van der Waals surface area contributed by atoms with Crippen LogP contribution >= 0.6 is 12.2 Å². The molecule has 0 spiro atoms. The van der Waals surface area contributed by atoms with Gasteiger partial charge in [0.15, 0.2) is 28.8 Å². The highest BCUT2D eigenvalue weighted by molar-refractivity contribution is 7.71. The first kappa shape index (κ1) is 20.2. The number of aromatic nitrogens is 3. The average Bonchev–Trinajstić information content (AvgIpc) is 3.12. The fourth-order valence-electron chi connectivity index (χ4n) is 2.69. The summed E-state index contributed by atoms with van der Waals surface area (Å²) in [4.78, 5) is 0. The van der Waals surface area contributed by atoms with Crippen LogP contribution in [0, 0.1) is 4.77 Å². The summed E-state index contributed by atoms with van der Waals surface area (Å²) in [7, 11) is 6.08. The molecule has 152 valence electrons. The molecular weight excluding hydrogens is 396 g/mol. The van der Waals surface area contributed by atoms with Gasteiger partial charge in [-0.05, 0) is 48.1 Å². The number of hydrogen-bond acceptors (Lipinski definition) is 8. The Morgan fingerprint density at radius 1 is 1.00 bits per heavy atom. The summed E-state index contributed by atoms with van der Waals surface area (Å²) in [6.45, 7) is 0. The van der Waals surface area contributed by atoms with E-state index in [-0.39, 0.29) is 5.75 Å². The van der Waals surface area contributed by atoms with Crippen LogP contribution in [0.15, 0.2) is 35.4 Å². The first-order valence-electron chi connectivity index (χ1n) is 8.41. The van der Waals surface area contributed by atoms with Gasteiger partial charge in [0, 0.05) is 5.56 Å². The molecule has 0 saturated heterocycles. The topological polar surface area (TPSA) is 103 Å². The molecule has 3 aromatic rings. The van der Waals surface area contributed by atoms with E-state index in [2.05, 4.69) is 15.3 Å². The van der Waals surface area contributed by atoms with E-state index in [0.29, 0.717) is 44.7 Å². The number of methoxy groups -OCH3 is 4. The van der Waals surface area contributed by atoms with Gasteiger partial charge in [-0.15, -0.1) is 0 Å². The van der Waals surface area contributed by atoms with E-state index in [0.717, 1.165) is 0 Å². The van der Waals surface area contributed by atoms with E-state index in [1.54, 1.807) is 30.5 Å². The summed E-state index contributed by atoms with van der Waals surface area (Å²) in [5.74, 6) is 2.27. The molecule has 0 aliphatic heterocycles. The van der Waals surface area contributed by atoms with Crippen molar-refractivity contribution in [2.45, 2.75) is 0 Å². The summed E-state index contributed by atoms with van der Waals surface area (Å²) in [5.41, 5.74) is 1.37. The van der Waals surface area contributed by atoms with Crippen LogP contribution in [0.5, 0.6) is 28.7 Å². The fourth-order valence-corrected chi connectivity index (χ4v) is 2.87. The van der Waals surface area contributed by atoms with Gasteiger partial charge in [0.25, 0.3) is 0 Å². The van der Waals surface area contributed by atoms with Crippen molar-refractivity contribution in [1.82, 2.24) is 14.9 Å². The first-order valence-corrected chi connectivity index (χ1v) is 8.82. The molecule has 0 aliphatic carbocycles. The molecular formula is C19H20N4O5S. The van der Waals surface area contributed by atoms with Crippen molar-refractivity contribution in [3.63, 3.8) is 0 Å².